The minimum absolute atomic E-state index is 0.627. The molecule has 2 nitrogen and oxygen atoms in total. The summed E-state index contributed by atoms with van der Waals surface area (Å²) in [7, 11) is 0. The molecule has 4 rings (SSSR count). The van der Waals surface area contributed by atoms with E-state index in [0.717, 1.165) is 13.1 Å². The van der Waals surface area contributed by atoms with Crippen molar-refractivity contribution in [3.05, 3.63) is 71.9 Å². The van der Waals surface area contributed by atoms with Crippen LogP contribution in [0.3, 0.4) is 0 Å². The molecule has 1 N–H and O–H groups in total. The van der Waals surface area contributed by atoms with Gasteiger partial charge in [0.15, 0.2) is 0 Å². The lowest BCUT2D eigenvalue weighted by molar-refractivity contribution is 0.339. The van der Waals surface area contributed by atoms with Crippen LogP contribution >= 0.6 is 0 Å². The van der Waals surface area contributed by atoms with Crippen molar-refractivity contribution in [1.82, 2.24) is 9.88 Å². The second-order valence-electron chi connectivity index (χ2n) is 7.31. The number of fused-ring (bicyclic) bond motifs is 1. The van der Waals surface area contributed by atoms with Gasteiger partial charge in [-0.1, -0.05) is 55.0 Å². The quantitative estimate of drug-likeness (QED) is 0.655. The van der Waals surface area contributed by atoms with Gasteiger partial charge in [0.2, 0.25) is 0 Å². The number of aryl methyl sites for hydroxylation is 1. The van der Waals surface area contributed by atoms with Crippen LogP contribution in [0.5, 0.6) is 0 Å². The summed E-state index contributed by atoms with van der Waals surface area (Å²) in [5.74, 6) is 0.680. The number of nitrogens with one attached hydrogen (secondary N) is 1. The van der Waals surface area contributed by atoms with Crippen molar-refractivity contribution < 1.29 is 0 Å². The van der Waals surface area contributed by atoms with E-state index >= 15 is 0 Å². The maximum Gasteiger partial charge on any atom is 0.0483 e. The lowest BCUT2D eigenvalue weighted by atomic mass is 9.81. The molecule has 1 fully saturated rings. The van der Waals surface area contributed by atoms with Crippen LogP contribution in [0, 0.1) is 0 Å². The maximum absolute atomic E-state index is 3.80. The summed E-state index contributed by atoms with van der Waals surface area (Å²) >= 11 is 0. The highest BCUT2D eigenvalue weighted by Gasteiger charge is 2.25. The van der Waals surface area contributed by atoms with E-state index < -0.39 is 0 Å². The van der Waals surface area contributed by atoms with E-state index in [4.69, 9.17) is 0 Å². The van der Waals surface area contributed by atoms with Crippen molar-refractivity contribution in [1.29, 1.82) is 0 Å². The molecule has 1 aliphatic rings. The smallest absolute Gasteiger partial charge is 0.0483 e. The molecule has 25 heavy (non-hydrogen) atoms. The molecule has 0 aliphatic heterocycles. The zero-order chi connectivity index (χ0) is 17.1. The van der Waals surface area contributed by atoms with Crippen molar-refractivity contribution in [2.45, 2.75) is 57.7 Å². The van der Waals surface area contributed by atoms with Crippen LogP contribution in [0.1, 0.15) is 49.7 Å². The number of hydrogen-bond donors (Lipinski definition) is 1. The molecule has 0 bridgehead atoms. The van der Waals surface area contributed by atoms with Gasteiger partial charge < -0.3 is 9.88 Å². The first-order chi connectivity index (χ1) is 12.3. The highest BCUT2D eigenvalue weighted by molar-refractivity contribution is 5.84. The van der Waals surface area contributed by atoms with Crippen LogP contribution in [0.15, 0.2) is 60.8 Å². The van der Waals surface area contributed by atoms with Crippen LogP contribution in [-0.2, 0) is 13.1 Å². The van der Waals surface area contributed by atoms with Crippen molar-refractivity contribution in [3.63, 3.8) is 0 Å². The summed E-state index contributed by atoms with van der Waals surface area (Å²) in [5, 5.41) is 5.26. The van der Waals surface area contributed by atoms with Crippen molar-refractivity contribution in [2.24, 2.45) is 0 Å². The van der Waals surface area contributed by atoms with Gasteiger partial charge in [-0.3, -0.25) is 0 Å². The molecule has 2 aromatic carbocycles. The Morgan fingerprint density at radius 2 is 1.80 bits per heavy atom. The second kappa shape index (κ2) is 7.45. The predicted molar refractivity (Wildman–Crippen MR) is 106 cm³/mol. The number of rotatable bonds is 5. The average molecular weight is 332 g/mol. The Morgan fingerprint density at radius 3 is 2.64 bits per heavy atom. The van der Waals surface area contributed by atoms with E-state index in [1.807, 2.05) is 0 Å². The molecule has 0 saturated heterocycles. The van der Waals surface area contributed by atoms with Crippen molar-refractivity contribution in [3.8, 4) is 0 Å². The van der Waals surface area contributed by atoms with Crippen molar-refractivity contribution >= 4 is 10.9 Å². The standard InChI is InChI=1S/C23H28N2/c1-2-25-17-22(21-13-6-7-14-23(21)25)19-11-8-12-20(15-19)24-16-18-9-4-3-5-10-18/h3-7,9-10,13-14,17,19-20,24H,2,8,11-12,15-16H2,1H3. The van der Waals surface area contributed by atoms with E-state index in [1.54, 1.807) is 5.56 Å². The SMILES string of the molecule is CCn1cc(C2CCCC(NCc3ccccc3)C2)c2ccccc21. The third-order valence-corrected chi connectivity index (χ3v) is 5.71. The molecule has 0 spiro atoms. The fraction of sp³-hybridized carbons (Fsp3) is 0.391. The first kappa shape index (κ1) is 16.4. The molecule has 1 aromatic heterocycles. The Balaban J connectivity index is 1.50. The molecular formula is C23H28N2. The number of aromatic nitrogens is 1. The van der Waals surface area contributed by atoms with E-state index in [0.29, 0.717) is 12.0 Å². The van der Waals surface area contributed by atoms with Crippen LogP contribution in [0.25, 0.3) is 10.9 Å². The average Bonchev–Trinajstić information content (AvgIpc) is 3.06. The Kier molecular flexibility index (Phi) is 4.89. The minimum Gasteiger partial charge on any atom is -0.347 e. The first-order valence-corrected chi connectivity index (χ1v) is 9.70. The summed E-state index contributed by atoms with van der Waals surface area (Å²) < 4.78 is 2.41. The summed E-state index contributed by atoms with van der Waals surface area (Å²) in [5.41, 5.74) is 4.33. The molecule has 3 aromatic rings. The van der Waals surface area contributed by atoms with Gasteiger partial charge in [0.05, 0.1) is 0 Å². The topological polar surface area (TPSA) is 17.0 Å². The Morgan fingerprint density at radius 1 is 1.00 bits per heavy atom. The summed E-state index contributed by atoms with van der Waals surface area (Å²) in [6.07, 6.45) is 7.61. The lowest BCUT2D eigenvalue weighted by Crippen LogP contribution is -2.33. The zero-order valence-corrected chi connectivity index (χ0v) is 15.1. The molecule has 2 unspecified atom stereocenters. The monoisotopic (exact) mass is 332 g/mol. The van der Waals surface area contributed by atoms with Gasteiger partial charge in [0, 0.05) is 36.2 Å². The first-order valence-electron chi connectivity index (χ1n) is 9.70. The largest absolute Gasteiger partial charge is 0.347 e. The van der Waals surface area contributed by atoms with Gasteiger partial charge in [0.1, 0.15) is 0 Å². The fourth-order valence-electron chi connectivity index (χ4n) is 4.38. The van der Waals surface area contributed by atoms with E-state index in [-0.39, 0.29) is 0 Å². The van der Waals surface area contributed by atoms with E-state index in [2.05, 4.69) is 77.6 Å². The lowest BCUT2D eigenvalue weighted by Gasteiger charge is -2.30. The Bertz CT molecular complexity index is 818. The minimum atomic E-state index is 0.627. The van der Waals surface area contributed by atoms with Crippen molar-refractivity contribution in [2.75, 3.05) is 0 Å². The third-order valence-electron chi connectivity index (χ3n) is 5.71. The molecule has 0 amide bonds. The van der Waals surface area contributed by atoms with Crippen LogP contribution < -0.4 is 5.32 Å². The Hall–Kier alpha value is -2.06. The second-order valence-corrected chi connectivity index (χ2v) is 7.31. The highest BCUT2D eigenvalue weighted by atomic mass is 15.0. The van der Waals surface area contributed by atoms with Crippen LogP contribution in [0.2, 0.25) is 0 Å². The van der Waals surface area contributed by atoms with Gasteiger partial charge in [0.25, 0.3) is 0 Å². The van der Waals surface area contributed by atoms with Gasteiger partial charge in [-0.05, 0) is 49.3 Å². The fourth-order valence-corrected chi connectivity index (χ4v) is 4.38. The zero-order valence-electron chi connectivity index (χ0n) is 15.1. The molecule has 2 heteroatoms. The molecule has 0 radical (unpaired) electrons. The van der Waals surface area contributed by atoms with Gasteiger partial charge >= 0.3 is 0 Å². The molecule has 2 atom stereocenters. The van der Waals surface area contributed by atoms with Gasteiger partial charge in [-0.2, -0.15) is 0 Å². The number of nitrogens with zero attached hydrogens (tertiary/aromatic N) is 1. The van der Waals surface area contributed by atoms with E-state index in [1.165, 1.54) is 42.1 Å². The third kappa shape index (κ3) is 3.50. The number of hydrogen-bond acceptors (Lipinski definition) is 1. The Labute approximate surface area is 150 Å². The molecule has 1 aliphatic carbocycles. The van der Waals surface area contributed by atoms with Gasteiger partial charge in [-0.25, -0.2) is 0 Å². The summed E-state index contributed by atoms with van der Waals surface area (Å²) in [6.45, 7) is 4.26. The summed E-state index contributed by atoms with van der Waals surface area (Å²) in [4.78, 5) is 0. The van der Waals surface area contributed by atoms with Crippen LogP contribution in [0.4, 0.5) is 0 Å². The summed E-state index contributed by atoms with van der Waals surface area (Å²) in [6, 6.07) is 20.3. The number of para-hydroxylation sites is 1. The van der Waals surface area contributed by atoms with E-state index in [9.17, 15) is 0 Å². The van der Waals surface area contributed by atoms with Gasteiger partial charge in [-0.15, -0.1) is 0 Å². The van der Waals surface area contributed by atoms with Crippen LogP contribution in [-0.4, -0.2) is 10.6 Å². The maximum atomic E-state index is 3.80. The molecule has 1 heterocycles. The predicted octanol–water partition coefficient (Wildman–Crippen LogP) is 5.48. The molecular weight excluding hydrogens is 304 g/mol. The molecule has 1 saturated carbocycles. The highest BCUT2D eigenvalue weighted by Crippen LogP contribution is 2.37. The normalized spacial score (nSPS) is 20.8. The number of benzene rings is 2. The molecule has 130 valence electrons.